The molecular weight excluding hydrogens is 244 g/mol. The minimum atomic E-state index is -1.43. The summed E-state index contributed by atoms with van der Waals surface area (Å²) in [5.74, 6) is -2.44. The summed E-state index contributed by atoms with van der Waals surface area (Å²) in [6.07, 6.45) is 2.93. The zero-order chi connectivity index (χ0) is 13.9. The average molecular weight is 260 g/mol. The van der Waals surface area contributed by atoms with Gasteiger partial charge in [-0.3, -0.25) is 0 Å². The highest BCUT2D eigenvalue weighted by Gasteiger charge is 2.32. The predicted octanol–water partition coefficient (Wildman–Crippen LogP) is 2.21. The van der Waals surface area contributed by atoms with Crippen molar-refractivity contribution in [1.82, 2.24) is 0 Å². The smallest absolute Gasteiger partial charge is 0.335 e. The lowest BCUT2D eigenvalue weighted by atomic mass is 9.88. The topological polar surface area (TPSA) is 66.8 Å². The van der Waals surface area contributed by atoms with E-state index >= 15 is 0 Å². The Morgan fingerprint density at radius 3 is 2.63 bits per heavy atom. The summed E-state index contributed by atoms with van der Waals surface area (Å²) in [4.78, 5) is 11.3. The van der Waals surface area contributed by atoms with Gasteiger partial charge in [0.05, 0.1) is 5.57 Å². The van der Waals surface area contributed by atoms with Gasteiger partial charge in [-0.05, 0) is 30.2 Å². The van der Waals surface area contributed by atoms with Gasteiger partial charge in [-0.1, -0.05) is 30.3 Å². The van der Waals surface area contributed by atoms with Crippen LogP contribution in [-0.2, 0) is 9.53 Å². The molecule has 4 heteroatoms. The first-order chi connectivity index (χ1) is 9.06. The van der Waals surface area contributed by atoms with Gasteiger partial charge in [-0.15, -0.1) is 0 Å². The number of carbonyl (C=O) groups is 1. The average Bonchev–Trinajstić information content (AvgIpc) is 2.39. The first kappa shape index (κ1) is 13.5. The Labute approximate surface area is 111 Å². The molecule has 0 aliphatic heterocycles. The second-order valence-electron chi connectivity index (χ2n) is 4.35. The maximum atomic E-state index is 11.3. The summed E-state index contributed by atoms with van der Waals surface area (Å²) in [5, 5.41) is 19.5. The molecule has 1 aromatic rings. The van der Waals surface area contributed by atoms with Gasteiger partial charge in [0.1, 0.15) is 0 Å². The molecule has 0 spiro atoms. The van der Waals surface area contributed by atoms with Crippen LogP contribution in [0.5, 0.6) is 0 Å². The SMILES string of the molecule is CCOC1(O)C=CC(C(=O)O)=C(c2ccccc2)C1. The fourth-order valence-electron chi connectivity index (χ4n) is 2.17. The van der Waals surface area contributed by atoms with Gasteiger partial charge >= 0.3 is 5.97 Å². The van der Waals surface area contributed by atoms with Crippen LogP contribution in [-0.4, -0.2) is 28.6 Å². The fraction of sp³-hybridized carbons (Fsp3) is 0.267. The van der Waals surface area contributed by atoms with Gasteiger partial charge in [0.15, 0.2) is 5.79 Å². The summed E-state index contributed by atoms with van der Waals surface area (Å²) in [6, 6.07) is 9.17. The number of carboxylic acid groups (broad SMARTS) is 1. The van der Waals surface area contributed by atoms with Crippen LogP contribution in [0, 0.1) is 0 Å². The predicted molar refractivity (Wildman–Crippen MR) is 71.3 cm³/mol. The van der Waals surface area contributed by atoms with Crippen LogP contribution in [0.4, 0.5) is 0 Å². The molecule has 0 saturated heterocycles. The van der Waals surface area contributed by atoms with Crippen LogP contribution in [0.1, 0.15) is 18.9 Å². The number of rotatable bonds is 4. The summed E-state index contributed by atoms with van der Waals surface area (Å²) < 4.78 is 5.29. The third-order valence-electron chi connectivity index (χ3n) is 3.01. The second-order valence-corrected chi connectivity index (χ2v) is 4.35. The zero-order valence-electron chi connectivity index (χ0n) is 10.7. The quantitative estimate of drug-likeness (QED) is 0.814. The van der Waals surface area contributed by atoms with Crippen LogP contribution in [0.2, 0.25) is 0 Å². The summed E-state index contributed by atoms with van der Waals surface area (Å²) in [7, 11) is 0. The van der Waals surface area contributed by atoms with Gasteiger partial charge in [0.25, 0.3) is 0 Å². The first-order valence-electron chi connectivity index (χ1n) is 6.13. The number of hydrogen-bond acceptors (Lipinski definition) is 3. The molecule has 2 rings (SSSR count). The Morgan fingerprint density at radius 1 is 1.37 bits per heavy atom. The van der Waals surface area contributed by atoms with Crippen molar-refractivity contribution >= 4 is 11.5 Å². The molecule has 1 aliphatic rings. The number of aliphatic hydroxyl groups is 1. The highest BCUT2D eigenvalue weighted by atomic mass is 16.6. The molecule has 4 nitrogen and oxygen atoms in total. The Bertz CT molecular complexity index is 530. The zero-order valence-corrected chi connectivity index (χ0v) is 10.7. The van der Waals surface area contributed by atoms with E-state index in [1.807, 2.05) is 30.3 Å². The largest absolute Gasteiger partial charge is 0.478 e. The number of hydrogen-bond donors (Lipinski definition) is 2. The van der Waals surface area contributed by atoms with Crippen molar-refractivity contribution in [2.24, 2.45) is 0 Å². The lowest BCUT2D eigenvalue weighted by Crippen LogP contribution is -2.33. The summed E-state index contributed by atoms with van der Waals surface area (Å²) >= 11 is 0. The molecule has 0 fully saturated rings. The van der Waals surface area contributed by atoms with Crippen molar-refractivity contribution in [3.8, 4) is 0 Å². The third-order valence-corrected chi connectivity index (χ3v) is 3.01. The van der Waals surface area contributed by atoms with Crippen LogP contribution >= 0.6 is 0 Å². The number of benzene rings is 1. The van der Waals surface area contributed by atoms with Crippen LogP contribution in [0.3, 0.4) is 0 Å². The van der Waals surface area contributed by atoms with E-state index in [4.69, 9.17) is 4.74 Å². The van der Waals surface area contributed by atoms with Gasteiger partial charge in [-0.2, -0.15) is 0 Å². The number of carboxylic acids is 1. The van der Waals surface area contributed by atoms with E-state index in [-0.39, 0.29) is 12.0 Å². The molecule has 0 aromatic heterocycles. The summed E-state index contributed by atoms with van der Waals surface area (Å²) in [6.45, 7) is 2.13. The number of aliphatic carboxylic acids is 1. The molecule has 1 aliphatic carbocycles. The summed E-state index contributed by atoms with van der Waals surface area (Å²) in [5.41, 5.74) is 1.55. The van der Waals surface area contributed by atoms with E-state index in [2.05, 4.69) is 0 Å². The van der Waals surface area contributed by atoms with Crippen molar-refractivity contribution in [3.05, 3.63) is 53.6 Å². The van der Waals surface area contributed by atoms with Gasteiger partial charge in [0.2, 0.25) is 0 Å². The van der Waals surface area contributed by atoms with Crippen LogP contribution in [0.15, 0.2) is 48.1 Å². The molecule has 0 heterocycles. The maximum Gasteiger partial charge on any atom is 0.335 e. The first-order valence-corrected chi connectivity index (χ1v) is 6.13. The van der Waals surface area contributed by atoms with E-state index in [1.165, 1.54) is 12.2 Å². The van der Waals surface area contributed by atoms with E-state index in [1.54, 1.807) is 6.92 Å². The monoisotopic (exact) mass is 260 g/mol. The Morgan fingerprint density at radius 2 is 2.05 bits per heavy atom. The maximum absolute atomic E-state index is 11.3. The molecule has 0 bridgehead atoms. The van der Waals surface area contributed by atoms with Gasteiger partial charge < -0.3 is 14.9 Å². The lowest BCUT2D eigenvalue weighted by Gasteiger charge is -2.29. The standard InChI is InChI=1S/C15H16O4/c1-2-19-15(18)9-8-12(14(16)17)13(10-15)11-6-4-3-5-7-11/h3-9,18H,2,10H2,1H3,(H,16,17). The van der Waals surface area contributed by atoms with Crippen LogP contribution < -0.4 is 0 Å². The Balaban J connectivity index is 2.44. The lowest BCUT2D eigenvalue weighted by molar-refractivity contribution is -0.159. The highest BCUT2D eigenvalue weighted by molar-refractivity contribution is 6.00. The molecular formula is C15H16O4. The van der Waals surface area contributed by atoms with E-state index in [9.17, 15) is 15.0 Å². The van der Waals surface area contributed by atoms with Crippen LogP contribution in [0.25, 0.3) is 5.57 Å². The molecule has 0 amide bonds. The number of ether oxygens (including phenoxy) is 1. The molecule has 100 valence electrons. The third kappa shape index (κ3) is 2.92. The van der Waals surface area contributed by atoms with E-state index in [0.29, 0.717) is 12.2 Å². The minimum absolute atomic E-state index is 0.128. The Hall–Kier alpha value is -1.91. The van der Waals surface area contributed by atoms with Crippen molar-refractivity contribution in [2.75, 3.05) is 6.61 Å². The highest BCUT2D eigenvalue weighted by Crippen LogP contribution is 2.34. The van der Waals surface area contributed by atoms with E-state index in [0.717, 1.165) is 5.56 Å². The second kappa shape index (κ2) is 5.38. The van der Waals surface area contributed by atoms with E-state index < -0.39 is 11.8 Å². The Kier molecular flexibility index (Phi) is 3.83. The van der Waals surface area contributed by atoms with Gasteiger partial charge in [-0.25, -0.2) is 4.79 Å². The molecule has 1 unspecified atom stereocenters. The molecule has 2 N–H and O–H groups in total. The molecule has 19 heavy (non-hydrogen) atoms. The van der Waals surface area contributed by atoms with Crippen molar-refractivity contribution < 1.29 is 19.7 Å². The fourth-order valence-corrected chi connectivity index (χ4v) is 2.17. The minimum Gasteiger partial charge on any atom is -0.478 e. The molecule has 1 aromatic carbocycles. The normalized spacial score (nSPS) is 22.6. The van der Waals surface area contributed by atoms with Gasteiger partial charge in [0, 0.05) is 13.0 Å². The van der Waals surface area contributed by atoms with Crippen molar-refractivity contribution in [1.29, 1.82) is 0 Å². The van der Waals surface area contributed by atoms with Crippen molar-refractivity contribution in [2.45, 2.75) is 19.1 Å². The van der Waals surface area contributed by atoms with Crippen molar-refractivity contribution in [3.63, 3.8) is 0 Å². The molecule has 0 saturated carbocycles. The molecule has 1 atom stereocenters. The molecule has 0 radical (unpaired) electrons.